The first-order valence-electron chi connectivity index (χ1n) is 9.57. The Morgan fingerprint density at radius 1 is 0.964 bits per heavy atom. The number of benzene rings is 2. The molecular formula is C22H24N2O4. The van der Waals surface area contributed by atoms with Gasteiger partial charge in [0.15, 0.2) is 6.23 Å². The van der Waals surface area contributed by atoms with E-state index in [1.165, 1.54) is 4.90 Å². The maximum Gasteiger partial charge on any atom is 0.411 e. The second kappa shape index (κ2) is 7.64. The number of nitrogens with one attached hydrogen (secondary N) is 1. The number of hydrogen-bond acceptors (Lipinski definition) is 4. The van der Waals surface area contributed by atoms with Gasteiger partial charge in [-0.25, -0.2) is 4.79 Å². The molecule has 28 heavy (non-hydrogen) atoms. The van der Waals surface area contributed by atoms with Crippen LogP contribution in [0, 0.1) is 5.92 Å². The van der Waals surface area contributed by atoms with Gasteiger partial charge < -0.3 is 14.8 Å². The second-order valence-electron chi connectivity index (χ2n) is 7.50. The third kappa shape index (κ3) is 3.36. The van der Waals surface area contributed by atoms with E-state index in [4.69, 9.17) is 9.47 Å². The summed E-state index contributed by atoms with van der Waals surface area (Å²) < 4.78 is 11.6. The number of nitrogens with zero attached hydrogens (tertiary/aromatic N) is 1. The Labute approximate surface area is 164 Å². The highest BCUT2D eigenvalue weighted by Gasteiger charge is 2.50. The van der Waals surface area contributed by atoms with Gasteiger partial charge in [0.1, 0.15) is 12.6 Å². The van der Waals surface area contributed by atoms with Crippen LogP contribution in [0.25, 0.3) is 0 Å². The van der Waals surface area contributed by atoms with E-state index < -0.39 is 24.5 Å². The van der Waals surface area contributed by atoms with Crippen molar-refractivity contribution >= 4 is 12.0 Å². The summed E-state index contributed by atoms with van der Waals surface area (Å²) in [4.78, 5) is 27.3. The normalized spacial score (nSPS) is 27.6. The smallest absolute Gasteiger partial charge is 0.411 e. The minimum Gasteiger partial charge on any atom is -0.447 e. The number of amides is 2. The van der Waals surface area contributed by atoms with Crippen molar-refractivity contribution in [3.05, 3.63) is 71.8 Å². The molecule has 0 radical (unpaired) electrons. The molecule has 146 valence electrons. The minimum atomic E-state index is -0.750. The van der Waals surface area contributed by atoms with Gasteiger partial charge >= 0.3 is 6.09 Å². The van der Waals surface area contributed by atoms with Crippen molar-refractivity contribution in [1.82, 2.24) is 10.2 Å². The highest BCUT2D eigenvalue weighted by atomic mass is 16.6. The second-order valence-corrected chi connectivity index (χ2v) is 7.50. The molecule has 2 aromatic rings. The molecule has 1 N–H and O–H groups in total. The highest BCUT2D eigenvalue weighted by Crippen LogP contribution is 2.36. The van der Waals surface area contributed by atoms with Crippen molar-refractivity contribution in [3.8, 4) is 0 Å². The van der Waals surface area contributed by atoms with Crippen LogP contribution >= 0.6 is 0 Å². The van der Waals surface area contributed by atoms with Crippen LogP contribution in [0.3, 0.4) is 0 Å². The van der Waals surface area contributed by atoms with E-state index in [9.17, 15) is 9.59 Å². The van der Waals surface area contributed by atoms with E-state index in [1.54, 1.807) is 0 Å². The van der Waals surface area contributed by atoms with Gasteiger partial charge in [-0.05, 0) is 11.5 Å². The molecular weight excluding hydrogens is 356 g/mol. The van der Waals surface area contributed by atoms with Crippen LogP contribution < -0.4 is 5.32 Å². The van der Waals surface area contributed by atoms with Gasteiger partial charge in [0.25, 0.3) is 0 Å². The van der Waals surface area contributed by atoms with Gasteiger partial charge in [-0.15, -0.1) is 0 Å². The van der Waals surface area contributed by atoms with Gasteiger partial charge in [0.05, 0.1) is 12.1 Å². The third-order valence-corrected chi connectivity index (χ3v) is 5.30. The van der Waals surface area contributed by atoms with Crippen molar-refractivity contribution in [2.45, 2.75) is 38.3 Å². The Hall–Kier alpha value is -2.86. The summed E-state index contributed by atoms with van der Waals surface area (Å²) in [6.07, 6.45) is -1.47. The van der Waals surface area contributed by atoms with Crippen LogP contribution in [0.2, 0.25) is 0 Å². The largest absolute Gasteiger partial charge is 0.447 e. The summed E-state index contributed by atoms with van der Waals surface area (Å²) in [5, 5.41) is 2.93. The van der Waals surface area contributed by atoms with Crippen molar-refractivity contribution < 1.29 is 19.1 Å². The van der Waals surface area contributed by atoms with Gasteiger partial charge in [-0.2, -0.15) is 0 Å². The first-order chi connectivity index (χ1) is 13.6. The molecule has 0 bridgehead atoms. The standard InChI is InChI=1S/C22H24N2O4/c1-14(2)19-18(20(25)23-21(28-19)16-11-7-4-8-12-16)24-17(13-27-22(24)26)15-9-5-3-6-10-15/h3-12,14,17-19,21H,13H2,1-2H3,(H,23,25)/t17-,18-,19-,21+/m1/s1. The fraction of sp³-hybridized carbons (Fsp3) is 0.364. The maximum atomic E-state index is 13.2. The Morgan fingerprint density at radius 3 is 2.18 bits per heavy atom. The van der Waals surface area contributed by atoms with Gasteiger partial charge in [0.2, 0.25) is 5.91 Å². The predicted molar refractivity (Wildman–Crippen MR) is 103 cm³/mol. The minimum absolute atomic E-state index is 0.0343. The molecule has 0 spiro atoms. The van der Waals surface area contributed by atoms with Crippen LogP contribution in [-0.2, 0) is 14.3 Å². The first kappa shape index (κ1) is 18.5. The molecule has 0 aromatic heterocycles. The molecule has 2 aliphatic heterocycles. The monoisotopic (exact) mass is 380 g/mol. The maximum absolute atomic E-state index is 13.2. The molecule has 2 saturated heterocycles. The highest BCUT2D eigenvalue weighted by molar-refractivity contribution is 5.88. The van der Waals surface area contributed by atoms with E-state index in [2.05, 4.69) is 5.32 Å². The number of rotatable bonds is 4. The summed E-state index contributed by atoms with van der Waals surface area (Å²) in [6, 6.07) is 18.1. The molecule has 2 aromatic carbocycles. The quantitative estimate of drug-likeness (QED) is 0.883. The summed E-state index contributed by atoms with van der Waals surface area (Å²) in [5.41, 5.74) is 1.82. The Morgan fingerprint density at radius 2 is 1.57 bits per heavy atom. The summed E-state index contributed by atoms with van der Waals surface area (Å²) in [7, 11) is 0. The Bertz CT molecular complexity index is 840. The van der Waals surface area contributed by atoms with Crippen LogP contribution in [0.5, 0.6) is 0 Å². The zero-order chi connectivity index (χ0) is 19.7. The lowest BCUT2D eigenvalue weighted by Gasteiger charge is -2.43. The predicted octanol–water partition coefficient (Wildman–Crippen LogP) is 3.42. The SMILES string of the molecule is CC(C)[C@H]1O[C@@H](c2ccccc2)NC(=O)[C@@H]1N1C(=O)OC[C@@H]1c1ccccc1. The van der Waals surface area contributed by atoms with Crippen molar-refractivity contribution in [2.75, 3.05) is 6.61 Å². The molecule has 2 amide bonds. The Kier molecular flexibility index (Phi) is 5.05. The fourth-order valence-corrected chi connectivity index (χ4v) is 3.90. The molecule has 2 aliphatic rings. The van der Waals surface area contributed by atoms with Crippen LogP contribution in [0.15, 0.2) is 60.7 Å². The van der Waals surface area contributed by atoms with Crippen LogP contribution in [0.1, 0.15) is 37.2 Å². The molecule has 4 rings (SSSR count). The van der Waals surface area contributed by atoms with Gasteiger partial charge in [-0.3, -0.25) is 9.69 Å². The fourth-order valence-electron chi connectivity index (χ4n) is 3.90. The third-order valence-electron chi connectivity index (χ3n) is 5.30. The molecule has 2 heterocycles. The molecule has 2 fully saturated rings. The van der Waals surface area contributed by atoms with Crippen molar-refractivity contribution in [3.63, 3.8) is 0 Å². The van der Waals surface area contributed by atoms with E-state index in [0.29, 0.717) is 0 Å². The van der Waals surface area contributed by atoms with E-state index in [-0.39, 0.29) is 24.5 Å². The molecule has 6 nitrogen and oxygen atoms in total. The summed E-state index contributed by atoms with van der Waals surface area (Å²) >= 11 is 0. The molecule has 0 saturated carbocycles. The van der Waals surface area contributed by atoms with Crippen molar-refractivity contribution in [2.24, 2.45) is 5.92 Å². The zero-order valence-electron chi connectivity index (χ0n) is 15.9. The van der Waals surface area contributed by atoms with Gasteiger partial charge in [0, 0.05) is 5.56 Å². The first-order valence-corrected chi connectivity index (χ1v) is 9.57. The average molecular weight is 380 g/mol. The molecule has 0 aliphatic carbocycles. The van der Waals surface area contributed by atoms with Gasteiger partial charge in [-0.1, -0.05) is 74.5 Å². The lowest BCUT2D eigenvalue weighted by molar-refractivity contribution is -0.162. The average Bonchev–Trinajstić information content (AvgIpc) is 3.09. The van der Waals surface area contributed by atoms with Crippen LogP contribution in [0.4, 0.5) is 4.79 Å². The molecule has 4 atom stereocenters. The van der Waals surface area contributed by atoms with Crippen LogP contribution in [-0.4, -0.2) is 35.7 Å². The van der Waals surface area contributed by atoms with E-state index >= 15 is 0 Å². The van der Waals surface area contributed by atoms with Crippen molar-refractivity contribution in [1.29, 1.82) is 0 Å². The number of ether oxygens (including phenoxy) is 2. The van der Waals surface area contributed by atoms with E-state index in [1.807, 2.05) is 74.5 Å². The lowest BCUT2D eigenvalue weighted by atomic mass is 9.93. The molecule has 6 heteroatoms. The number of carbonyl (C=O) groups is 2. The summed E-state index contributed by atoms with van der Waals surface area (Å²) in [5.74, 6) is -0.189. The number of hydrogen-bond donors (Lipinski definition) is 1. The Balaban J connectivity index is 1.65. The zero-order valence-corrected chi connectivity index (χ0v) is 15.9. The number of carbonyl (C=O) groups excluding carboxylic acids is 2. The topological polar surface area (TPSA) is 67.9 Å². The lowest BCUT2D eigenvalue weighted by Crippen LogP contribution is -2.61. The van der Waals surface area contributed by atoms with E-state index in [0.717, 1.165) is 11.1 Å². The number of cyclic esters (lactones) is 1. The summed E-state index contributed by atoms with van der Waals surface area (Å²) in [6.45, 7) is 4.22. The molecule has 0 unspecified atom stereocenters.